The molecule has 17 heavy (non-hydrogen) atoms. The molecule has 1 fully saturated rings. The van der Waals surface area contributed by atoms with E-state index in [0.717, 1.165) is 0 Å². The van der Waals surface area contributed by atoms with Crippen LogP contribution in [0.3, 0.4) is 0 Å². The smallest absolute Gasteiger partial charge is 0.323 e. The van der Waals surface area contributed by atoms with Gasteiger partial charge in [-0.15, -0.1) is 0 Å². The average molecular weight is 245 g/mol. The third-order valence-corrected chi connectivity index (χ3v) is 2.80. The molecule has 0 spiro atoms. The van der Waals surface area contributed by atoms with Crippen LogP contribution < -0.4 is 0 Å². The SMILES string of the molecule is CC[C@H](C)N(CC(=O)O)C(=O)[C@H]1COCCO1. The van der Waals surface area contributed by atoms with Crippen LogP contribution >= 0.6 is 0 Å². The lowest BCUT2D eigenvalue weighted by Gasteiger charge is -2.32. The predicted molar refractivity (Wildman–Crippen MR) is 59.7 cm³/mol. The van der Waals surface area contributed by atoms with E-state index in [1.54, 1.807) is 0 Å². The molecule has 2 atom stereocenters. The number of carbonyl (C=O) groups is 2. The second kappa shape index (κ2) is 6.56. The highest BCUT2D eigenvalue weighted by molar-refractivity contribution is 5.85. The summed E-state index contributed by atoms with van der Waals surface area (Å²) < 4.78 is 10.4. The lowest BCUT2D eigenvalue weighted by atomic mass is 10.2. The molecule has 6 heteroatoms. The van der Waals surface area contributed by atoms with Crippen molar-refractivity contribution < 1.29 is 24.2 Å². The number of amides is 1. The van der Waals surface area contributed by atoms with Crippen molar-refractivity contribution in [2.75, 3.05) is 26.4 Å². The van der Waals surface area contributed by atoms with Gasteiger partial charge in [-0.2, -0.15) is 0 Å². The van der Waals surface area contributed by atoms with Gasteiger partial charge in [-0.3, -0.25) is 9.59 Å². The normalized spacial score (nSPS) is 21.9. The van der Waals surface area contributed by atoms with Crippen molar-refractivity contribution in [1.82, 2.24) is 4.90 Å². The van der Waals surface area contributed by atoms with E-state index in [0.29, 0.717) is 19.6 Å². The third-order valence-electron chi connectivity index (χ3n) is 2.80. The topological polar surface area (TPSA) is 76.1 Å². The van der Waals surface area contributed by atoms with Gasteiger partial charge < -0.3 is 19.5 Å². The molecule has 0 aromatic carbocycles. The fourth-order valence-corrected chi connectivity index (χ4v) is 1.63. The minimum absolute atomic E-state index is 0.121. The average Bonchev–Trinajstić information content (AvgIpc) is 2.35. The van der Waals surface area contributed by atoms with Crippen molar-refractivity contribution in [2.45, 2.75) is 32.4 Å². The molecule has 0 bridgehead atoms. The molecule has 1 heterocycles. The van der Waals surface area contributed by atoms with Crippen molar-refractivity contribution in [2.24, 2.45) is 0 Å². The minimum atomic E-state index is -1.02. The quantitative estimate of drug-likeness (QED) is 0.744. The van der Waals surface area contributed by atoms with Crippen molar-refractivity contribution in [1.29, 1.82) is 0 Å². The maximum absolute atomic E-state index is 12.1. The summed E-state index contributed by atoms with van der Waals surface area (Å²) in [5.41, 5.74) is 0. The zero-order valence-corrected chi connectivity index (χ0v) is 10.2. The Labute approximate surface area is 100 Å². The van der Waals surface area contributed by atoms with Crippen LogP contribution in [0.15, 0.2) is 0 Å². The molecular weight excluding hydrogens is 226 g/mol. The maximum Gasteiger partial charge on any atom is 0.323 e. The van der Waals surface area contributed by atoms with Crippen molar-refractivity contribution in [3.8, 4) is 0 Å². The maximum atomic E-state index is 12.1. The first kappa shape index (κ1) is 13.9. The zero-order chi connectivity index (χ0) is 12.8. The molecule has 0 radical (unpaired) electrons. The van der Waals surface area contributed by atoms with Gasteiger partial charge >= 0.3 is 5.97 Å². The summed E-state index contributed by atoms with van der Waals surface area (Å²) in [6, 6.07) is -0.121. The summed E-state index contributed by atoms with van der Waals surface area (Å²) in [6.45, 7) is 4.48. The monoisotopic (exact) mass is 245 g/mol. The van der Waals surface area contributed by atoms with Crippen LogP contribution in [0.2, 0.25) is 0 Å². The number of hydrogen-bond donors (Lipinski definition) is 1. The Morgan fingerprint density at radius 2 is 2.18 bits per heavy atom. The Bertz CT molecular complexity index is 275. The van der Waals surface area contributed by atoms with E-state index in [1.165, 1.54) is 4.90 Å². The summed E-state index contributed by atoms with van der Waals surface area (Å²) in [5, 5.41) is 8.81. The number of aliphatic carboxylic acids is 1. The first-order chi connectivity index (χ1) is 8.06. The Morgan fingerprint density at radius 1 is 1.47 bits per heavy atom. The molecular formula is C11H19NO5. The number of carboxylic acids is 1. The Hall–Kier alpha value is -1.14. The second-order valence-electron chi connectivity index (χ2n) is 4.05. The van der Waals surface area contributed by atoms with Crippen LogP contribution in [-0.4, -0.2) is 60.4 Å². The van der Waals surface area contributed by atoms with Gasteiger partial charge in [0.25, 0.3) is 5.91 Å². The van der Waals surface area contributed by atoms with E-state index < -0.39 is 12.1 Å². The van der Waals surface area contributed by atoms with E-state index in [1.807, 2.05) is 13.8 Å². The van der Waals surface area contributed by atoms with Crippen LogP contribution in [0.5, 0.6) is 0 Å². The molecule has 1 aliphatic rings. The number of nitrogens with zero attached hydrogens (tertiary/aromatic N) is 1. The van der Waals surface area contributed by atoms with Gasteiger partial charge in [-0.25, -0.2) is 0 Å². The van der Waals surface area contributed by atoms with E-state index in [-0.39, 0.29) is 25.1 Å². The molecule has 0 aliphatic carbocycles. The van der Waals surface area contributed by atoms with Gasteiger partial charge in [-0.1, -0.05) is 6.92 Å². The number of carboxylic acid groups (broad SMARTS) is 1. The van der Waals surface area contributed by atoms with E-state index in [2.05, 4.69) is 0 Å². The van der Waals surface area contributed by atoms with Crippen LogP contribution in [0, 0.1) is 0 Å². The largest absolute Gasteiger partial charge is 0.480 e. The summed E-state index contributed by atoms with van der Waals surface area (Å²) >= 11 is 0. The molecule has 1 aliphatic heterocycles. The van der Waals surface area contributed by atoms with Gasteiger partial charge in [0.1, 0.15) is 6.54 Å². The summed E-state index contributed by atoms with van der Waals surface area (Å²) in [6.07, 6.45) is 0.0316. The van der Waals surface area contributed by atoms with Gasteiger partial charge in [0.15, 0.2) is 6.10 Å². The predicted octanol–water partition coefficient (Wildman–Crippen LogP) is 0.114. The lowest BCUT2D eigenvalue weighted by Crippen LogP contribution is -2.50. The standard InChI is InChI=1S/C11H19NO5/c1-3-8(2)12(6-10(13)14)11(15)9-7-16-4-5-17-9/h8-9H,3-7H2,1-2H3,(H,13,14)/t8-,9+/m0/s1. The molecule has 0 aromatic rings. The number of carbonyl (C=O) groups excluding carboxylic acids is 1. The third kappa shape index (κ3) is 3.98. The summed E-state index contributed by atoms with van der Waals surface area (Å²) in [4.78, 5) is 24.2. The molecule has 1 rings (SSSR count). The van der Waals surface area contributed by atoms with Gasteiger partial charge in [-0.05, 0) is 13.3 Å². The molecule has 0 unspecified atom stereocenters. The molecule has 1 amide bonds. The summed E-state index contributed by atoms with van der Waals surface area (Å²) in [7, 11) is 0. The number of rotatable bonds is 5. The first-order valence-electron chi connectivity index (χ1n) is 5.77. The molecule has 6 nitrogen and oxygen atoms in total. The zero-order valence-electron chi connectivity index (χ0n) is 10.2. The van der Waals surface area contributed by atoms with Crippen LogP contribution in [-0.2, 0) is 19.1 Å². The highest BCUT2D eigenvalue weighted by atomic mass is 16.6. The van der Waals surface area contributed by atoms with Crippen molar-refractivity contribution in [3.63, 3.8) is 0 Å². The van der Waals surface area contributed by atoms with Crippen LogP contribution in [0.1, 0.15) is 20.3 Å². The van der Waals surface area contributed by atoms with Gasteiger partial charge in [0.05, 0.1) is 19.8 Å². The minimum Gasteiger partial charge on any atom is -0.480 e. The van der Waals surface area contributed by atoms with Crippen molar-refractivity contribution >= 4 is 11.9 Å². The molecule has 1 saturated heterocycles. The van der Waals surface area contributed by atoms with E-state index in [9.17, 15) is 9.59 Å². The second-order valence-corrected chi connectivity index (χ2v) is 4.05. The fraction of sp³-hybridized carbons (Fsp3) is 0.818. The van der Waals surface area contributed by atoms with Crippen LogP contribution in [0.25, 0.3) is 0 Å². The molecule has 1 N–H and O–H groups in total. The Balaban J connectivity index is 2.66. The van der Waals surface area contributed by atoms with Crippen LogP contribution in [0.4, 0.5) is 0 Å². The molecule has 0 saturated carbocycles. The first-order valence-corrected chi connectivity index (χ1v) is 5.77. The highest BCUT2D eigenvalue weighted by Crippen LogP contribution is 2.10. The molecule has 0 aromatic heterocycles. The Morgan fingerprint density at radius 3 is 2.65 bits per heavy atom. The number of ether oxygens (including phenoxy) is 2. The van der Waals surface area contributed by atoms with E-state index >= 15 is 0 Å². The highest BCUT2D eigenvalue weighted by Gasteiger charge is 2.30. The fourth-order valence-electron chi connectivity index (χ4n) is 1.63. The Kier molecular flexibility index (Phi) is 5.37. The van der Waals surface area contributed by atoms with Gasteiger partial charge in [0.2, 0.25) is 0 Å². The van der Waals surface area contributed by atoms with E-state index in [4.69, 9.17) is 14.6 Å². The summed E-state index contributed by atoms with van der Waals surface area (Å²) in [5.74, 6) is -1.32. The molecule has 98 valence electrons. The number of hydrogen-bond acceptors (Lipinski definition) is 4. The lowest BCUT2D eigenvalue weighted by molar-refractivity contribution is -0.163. The van der Waals surface area contributed by atoms with Crippen molar-refractivity contribution in [3.05, 3.63) is 0 Å². The van der Waals surface area contributed by atoms with Gasteiger partial charge in [0, 0.05) is 6.04 Å².